The topological polar surface area (TPSA) is 34.1 Å². The number of hydrazone groups is 1. The smallest absolute Gasteiger partial charge is 0.180 e. The van der Waals surface area contributed by atoms with Gasteiger partial charge in [0.25, 0.3) is 0 Å². The van der Waals surface area contributed by atoms with Gasteiger partial charge in [0.15, 0.2) is 11.5 Å². The van der Waals surface area contributed by atoms with Crippen molar-refractivity contribution in [3.05, 3.63) is 117 Å². The summed E-state index contributed by atoms with van der Waals surface area (Å²) in [5.74, 6) is 0.917. The highest BCUT2D eigenvalue weighted by molar-refractivity contribution is 6.35. The third-order valence-corrected chi connectivity index (χ3v) is 5.83. The minimum atomic E-state index is 0.218. The van der Waals surface area contributed by atoms with E-state index >= 15 is 0 Å². The monoisotopic (exact) mass is 510 g/mol. The minimum Gasteiger partial charge on any atom is -0.493 e. The molecule has 7 heteroatoms. The van der Waals surface area contributed by atoms with Gasteiger partial charge >= 0.3 is 0 Å². The van der Waals surface area contributed by atoms with Crippen LogP contribution in [0.3, 0.4) is 0 Å². The van der Waals surface area contributed by atoms with Crippen LogP contribution in [-0.2, 0) is 6.61 Å². The van der Waals surface area contributed by atoms with Crippen LogP contribution in [-0.4, -0.2) is 13.3 Å². The van der Waals surface area contributed by atoms with E-state index < -0.39 is 0 Å². The zero-order chi connectivity index (χ0) is 23.9. The van der Waals surface area contributed by atoms with Gasteiger partial charge in [0.1, 0.15) is 6.61 Å². The van der Waals surface area contributed by atoms with Crippen molar-refractivity contribution in [3.8, 4) is 11.5 Å². The van der Waals surface area contributed by atoms with Crippen molar-refractivity contribution < 1.29 is 9.47 Å². The van der Waals surface area contributed by atoms with Crippen LogP contribution in [0.5, 0.6) is 11.5 Å². The second-order valence-electron chi connectivity index (χ2n) is 7.29. The Labute approximate surface area is 213 Å². The maximum Gasteiger partial charge on any atom is 0.180 e. The van der Waals surface area contributed by atoms with Gasteiger partial charge in [0, 0.05) is 15.6 Å². The maximum absolute atomic E-state index is 6.56. The number of halogens is 3. The van der Waals surface area contributed by atoms with Crippen molar-refractivity contribution in [2.24, 2.45) is 5.10 Å². The Morgan fingerprint density at radius 1 is 0.794 bits per heavy atom. The van der Waals surface area contributed by atoms with Gasteiger partial charge in [-0.25, -0.2) is 5.01 Å². The lowest BCUT2D eigenvalue weighted by Crippen LogP contribution is -2.09. The summed E-state index contributed by atoms with van der Waals surface area (Å²) >= 11 is 18.8. The number of hydrogen-bond acceptors (Lipinski definition) is 4. The zero-order valence-corrected chi connectivity index (χ0v) is 20.6. The summed E-state index contributed by atoms with van der Waals surface area (Å²) in [6.45, 7) is 0.218. The predicted octanol–water partition coefficient (Wildman–Crippen LogP) is 8.41. The minimum absolute atomic E-state index is 0.218. The molecule has 0 amide bonds. The summed E-state index contributed by atoms with van der Waals surface area (Å²) < 4.78 is 11.5. The number of nitrogens with zero attached hydrogens (tertiary/aromatic N) is 2. The lowest BCUT2D eigenvalue weighted by molar-refractivity contribution is 0.285. The average Bonchev–Trinajstić information content (AvgIpc) is 2.85. The third-order valence-electron chi connectivity index (χ3n) is 4.96. The highest BCUT2D eigenvalue weighted by atomic mass is 35.5. The van der Waals surface area contributed by atoms with Crippen molar-refractivity contribution in [2.75, 3.05) is 12.1 Å². The van der Waals surface area contributed by atoms with Crippen LogP contribution in [0.25, 0.3) is 0 Å². The van der Waals surface area contributed by atoms with E-state index in [2.05, 4.69) is 0 Å². The molecule has 0 aromatic heterocycles. The molecule has 172 valence electrons. The molecule has 0 radical (unpaired) electrons. The van der Waals surface area contributed by atoms with Crippen LogP contribution in [0, 0.1) is 0 Å². The third kappa shape index (κ3) is 5.84. The molecule has 0 fully saturated rings. The van der Waals surface area contributed by atoms with Crippen LogP contribution in [0.2, 0.25) is 15.1 Å². The zero-order valence-electron chi connectivity index (χ0n) is 18.3. The standard InChI is InChI=1S/C27H21Cl3N2O2/c1-33-26-15-19(14-25(30)27(26)34-18-20-12-13-21(28)16-24(20)29)17-31-32(22-8-4-2-5-9-22)23-10-6-3-7-11-23/h2-17H,18H2,1H3/b31-17-. The molecular weight excluding hydrogens is 491 g/mol. The fourth-order valence-electron chi connectivity index (χ4n) is 3.29. The molecule has 0 unspecified atom stereocenters. The Morgan fingerprint density at radius 3 is 2.03 bits per heavy atom. The molecule has 34 heavy (non-hydrogen) atoms. The van der Waals surface area contributed by atoms with Gasteiger partial charge in [0.2, 0.25) is 0 Å². The van der Waals surface area contributed by atoms with E-state index in [0.717, 1.165) is 22.5 Å². The van der Waals surface area contributed by atoms with Crippen molar-refractivity contribution in [1.82, 2.24) is 0 Å². The van der Waals surface area contributed by atoms with E-state index in [0.29, 0.717) is 26.6 Å². The number of para-hydroxylation sites is 2. The SMILES string of the molecule is COc1cc(/C=N\N(c2ccccc2)c2ccccc2)cc(Cl)c1OCc1ccc(Cl)cc1Cl. The van der Waals surface area contributed by atoms with Gasteiger partial charge in [-0.05, 0) is 54.1 Å². The molecule has 0 saturated heterocycles. The van der Waals surface area contributed by atoms with E-state index in [1.54, 1.807) is 31.5 Å². The summed E-state index contributed by atoms with van der Waals surface area (Å²) in [6.07, 6.45) is 1.73. The first-order chi connectivity index (χ1) is 16.5. The molecule has 0 aliphatic heterocycles. The molecule has 4 rings (SSSR count). The maximum atomic E-state index is 6.56. The summed E-state index contributed by atoms with van der Waals surface area (Å²) in [4.78, 5) is 0. The van der Waals surface area contributed by atoms with Crippen molar-refractivity contribution in [1.29, 1.82) is 0 Å². The summed E-state index contributed by atoms with van der Waals surface area (Å²) in [5, 5.41) is 8.06. The molecule has 0 aliphatic carbocycles. The molecule has 4 aromatic rings. The van der Waals surface area contributed by atoms with Crippen LogP contribution in [0.4, 0.5) is 11.4 Å². The molecule has 0 saturated carbocycles. The highest BCUT2D eigenvalue weighted by Gasteiger charge is 2.14. The van der Waals surface area contributed by atoms with Gasteiger partial charge in [-0.15, -0.1) is 0 Å². The Balaban J connectivity index is 1.60. The van der Waals surface area contributed by atoms with Crippen LogP contribution in [0.15, 0.2) is 96.1 Å². The summed E-state index contributed by atoms with van der Waals surface area (Å²) in [5.41, 5.74) is 3.41. The Hall–Kier alpha value is -3.18. The van der Waals surface area contributed by atoms with Gasteiger partial charge in [-0.3, -0.25) is 0 Å². The predicted molar refractivity (Wildman–Crippen MR) is 141 cm³/mol. The molecule has 0 atom stereocenters. The lowest BCUT2D eigenvalue weighted by atomic mass is 10.2. The molecule has 0 N–H and O–H groups in total. The summed E-state index contributed by atoms with van der Waals surface area (Å²) in [6, 6.07) is 28.7. The number of benzene rings is 4. The van der Waals surface area contributed by atoms with E-state index in [-0.39, 0.29) is 6.61 Å². The van der Waals surface area contributed by atoms with Crippen molar-refractivity contribution in [3.63, 3.8) is 0 Å². The number of anilines is 2. The van der Waals surface area contributed by atoms with Crippen molar-refractivity contribution >= 4 is 52.4 Å². The Kier molecular flexibility index (Phi) is 7.96. The second kappa shape index (κ2) is 11.3. The second-order valence-corrected chi connectivity index (χ2v) is 8.54. The van der Waals surface area contributed by atoms with Gasteiger partial charge in [-0.1, -0.05) is 77.3 Å². The summed E-state index contributed by atoms with van der Waals surface area (Å²) in [7, 11) is 1.56. The average molecular weight is 512 g/mol. The fraction of sp³-hybridized carbons (Fsp3) is 0.0741. The lowest BCUT2D eigenvalue weighted by Gasteiger charge is -2.19. The quantitative estimate of drug-likeness (QED) is 0.176. The van der Waals surface area contributed by atoms with Crippen LogP contribution < -0.4 is 14.5 Å². The van der Waals surface area contributed by atoms with E-state index in [4.69, 9.17) is 49.4 Å². The van der Waals surface area contributed by atoms with Gasteiger partial charge in [0.05, 0.1) is 29.7 Å². The number of ether oxygens (including phenoxy) is 2. The van der Waals surface area contributed by atoms with E-state index in [1.807, 2.05) is 77.8 Å². The van der Waals surface area contributed by atoms with Gasteiger partial charge in [-0.2, -0.15) is 5.10 Å². The fourth-order valence-corrected chi connectivity index (χ4v) is 4.02. The first-order valence-electron chi connectivity index (χ1n) is 10.4. The first-order valence-corrected chi connectivity index (χ1v) is 11.6. The van der Waals surface area contributed by atoms with E-state index in [1.165, 1.54) is 0 Å². The first kappa shape index (κ1) is 24.0. The molecule has 0 bridgehead atoms. The molecule has 0 spiro atoms. The van der Waals surface area contributed by atoms with Crippen LogP contribution >= 0.6 is 34.8 Å². The molecule has 0 aliphatic rings. The largest absolute Gasteiger partial charge is 0.493 e. The number of methoxy groups -OCH3 is 1. The number of rotatable bonds is 8. The highest BCUT2D eigenvalue weighted by Crippen LogP contribution is 2.37. The van der Waals surface area contributed by atoms with E-state index in [9.17, 15) is 0 Å². The molecular formula is C27H21Cl3N2O2. The number of hydrogen-bond donors (Lipinski definition) is 0. The van der Waals surface area contributed by atoms with Crippen molar-refractivity contribution in [2.45, 2.75) is 6.61 Å². The van der Waals surface area contributed by atoms with Crippen LogP contribution in [0.1, 0.15) is 11.1 Å². The Bertz CT molecular complexity index is 1240. The molecule has 4 nitrogen and oxygen atoms in total. The van der Waals surface area contributed by atoms with Gasteiger partial charge < -0.3 is 9.47 Å². The molecule has 0 heterocycles. The normalized spacial score (nSPS) is 10.9. The Morgan fingerprint density at radius 2 is 1.44 bits per heavy atom. The molecule has 4 aromatic carbocycles.